The van der Waals surface area contributed by atoms with Crippen LogP contribution < -0.4 is 5.14 Å². The Morgan fingerprint density at radius 2 is 1.90 bits per heavy atom. The van der Waals surface area contributed by atoms with Crippen molar-refractivity contribution < 1.29 is 13.2 Å². The second-order valence-electron chi connectivity index (χ2n) is 6.03. The molecule has 0 saturated carbocycles. The molecule has 1 atom stereocenters. The van der Waals surface area contributed by atoms with E-state index in [2.05, 4.69) is 6.92 Å². The summed E-state index contributed by atoms with van der Waals surface area (Å²) >= 11 is 0. The molecule has 2 N–H and O–H groups in total. The van der Waals surface area contributed by atoms with E-state index >= 15 is 0 Å². The minimum atomic E-state index is -3.84. The van der Waals surface area contributed by atoms with Gasteiger partial charge in [-0.2, -0.15) is 0 Å². The highest BCUT2D eigenvalue weighted by Gasteiger charge is 2.29. The first-order chi connectivity index (χ1) is 9.62. The molecule has 0 aromatic heterocycles. The number of rotatable bonds is 2. The van der Waals surface area contributed by atoms with Crippen LogP contribution in [0.4, 0.5) is 0 Å². The normalized spacial score (nSPS) is 19.1. The lowest BCUT2D eigenvalue weighted by Gasteiger charge is -2.21. The molecule has 21 heavy (non-hydrogen) atoms. The largest absolute Gasteiger partial charge is 0.338 e. The van der Waals surface area contributed by atoms with Crippen molar-refractivity contribution in [2.45, 2.75) is 39.0 Å². The van der Waals surface area contributed by atoms with Gasteiger partial charge in [-0.05, 0) is 49.8 Å². The number of likely N-dealkylation sites (tertiary alicyclic amines) is 1. The van der Waals surface area contributed by atoms with Gasteiger partial charge in [-0.3, -0.25) is 4.79 Å². The average molecular weight is 310 g/mol. The summed E-state index contributed by atoms with van der Waals surface area (Å²) in [5.74, 6) is 0.386. The van der Waals surface area contributed by atoms with Crippen molar-refractivity contribution in [3.63, 3.8) is 0 Å². The zero-order valence-corrected chi connectivity index (χ0v) is 13.8. The fourth-order valence-electron chi connectivity index (χ4n) is 3.21. The van der Waals surface area contributed by atoms with E-state index < -0.39 is 10.0 Å². The van der Waals surface area contributed by atoms with Crippen LogP contribution in [0, 0.1) is 26.7 Å². The van der Waals surface area contributed by atoms with Gasteiger partial charge in [-0.25, -0.2) is 13.6 Å². The Kier molecular flexibility index (Phi) is 4.13. The minimum absolute atomic E-state index is 0.0729. The number of benzene rings is 1. The molecule has 0 radical (unpaired) electrons. The van der Waals surface area contributed by atoms with Crippen molar-refractivity contribution in [1.82, 2.24) is 4.90 Å². The zero-order chi connectivity index (χ0) is 15.9. The molecule has 1 heterocycles. The van der Waals surface area contributed by atoms with E-state index in [1.54, 1.807) is 24.8 Å². The van der Waals surface area contributed by atoms with Crippen LogP contribution in [0.15, 0.2) is 11.0 Å². The second-order valence-corrected chi connectivity index (χ2v) is 7.53. The van der Waals surface area contributed by atoms with E-state index in [1.165, 1.54) is 0 Å². The zero-order valence-electron chi connectivity index (χ0n) is 12.9. The summed E-state index contributed by atoms with van der Waals surface area (Å²) in [7, 11) is -3.84. The Bertz CT molecular complexity index is 695. The van der Waals surface area contributed by atoms with E-state index in [-0.39, 0.29) is 10.8 Å². The number of sulfonamides is 1. The van der Waals surface area contributed by atoms with Gasteiger partial charge in [0.1, 0.15) is 0 Å². The fraction of sp³-hybridized carbons (Fsp3) is 0.533. The van der Waals surface area contributed by atoms with Gasteiger partial charge in [-0.1, -0.05) is 13.0 Å². The molecule has 1 aliphatic rings. The summed E-state index contributed by atoms with van der Waals surface area (Å²) in [6.07, 6.45) is 0.984. The Hall–Kier alpha value is -1.40. The molecule has 116 valence electrons. The van der Waals surface area contributed by atoms with Crippen molar-refractivity contribution in [2.75, 3.05) is 13.1 Å². The highest BCUT2D eigenvalue weighted by Crippen LogP contribution is 2.28. The SMILES string of the molecule is Cc1cc(C)c(S(N)(=O)=O)c(C)c1C(=O)N1CCC(C)C1. The summed E-state index contributed by atoms with van der Waals surface area (Å²) in [4.78, 5) is 14.6. The molecule has 1 fully saturated rings. The Labute approximate surface area is 126 Å². The van der Waals surface area contributed by atoms with Gasteiger partial charge in [0.15, 0.2) is 0 Å². The molecule has 0 spiro atoms. The first-order valence-corrected chi connectivity index (χ1v) is 8.60. The summed E-state index contributed by atoms with van der Waals surface area (Å²) in [5, 5.41) is 5.30. The predicted molar refractivity (Wildman–Crippen MR) is 81.7 cm³/mol. The van der Waals surface area contributed by atoms with Crippen molar-refractivity contribution in [1.29, 1.82) is 0 Å². The number of primary sulfonamides is 1. The lowest BCUT2D eigenvalue weighted by Crippen LogP contribution is -2.30. The molecule has 1 aromatic rings. The van der Waals surface area contributed by atoms with Crippen LogP contribution in [0.1, 0.15) is 40.4 Å². The van der Waals surface area contributed by atoms with Crippen LogP contribution in [0.2, 0.25) is 0 Å². The lowest BCUT2D eigenvalue weighted by molar-refractivity contribution is 0.0786. The highest BCUT2D eigenvalue weighted by molar-refractivity contribution is 7.89. The summed E-state index contributed by atoms with van der Waals surface area (Å²) in [6, 6.07) is 1.72. The van der Waals surface area contributed by atoms with Gasteiger partial charge >= 0.3 is 0 Å². The molecule has 1 amide bonds. The molecule has 6 heteroatoms. The molecule has 2 rings (SSSR count). The molecule has 0 aliphatic carbocycles. The van der Waals surface area contributed by atoms with Crippen molar-refractivity contribution in [2.24, 2.45) is 11.1 Å². The van der Waals surface area contributed by atoms with Gasteiger partial charge in [-0.15, -0.1) is 0 Å². The van der Waals surface area contributed by atoms with Gasteiger partial charge in [0.25, 0.3) is 5.91 Å². The topological polar surface area (TPSA) is 80.5 Å². The number of carbonyl (C=O) groups excluding carboxylic acids is 1. The third-order valence-corrected chi connectivity index (χ3v) is 5.31. The Balaban J connectivity index is 2.57. The summed E-state index contributed by atoms with van der Waals surface area (Å²) < 4.78 is 23.6. The van der Waals surface area contributed by atoms with Gasteiger partial charge < -0.3 is 4.90 Å². The molecular weight excluding hydrogens is 288 g/mol. The first kappa shape index (κ1) is 16.0. The van der Waals surface area contributed by atoms with Crippen LogP contribution in [0.25, 0.3) is 0 Å². The summed E-state index contributed by atoms with van der Waals surface area (Å²) in [5.41, 5.74) is 2.30. The fourth-order valence-corrected chi connectivity index (χ4v) is 4.25. The quantitative estimate of drug-likeness (QED) is 0.903. The number of nitrogens with two attached hydrogens (primary N) is 1. The molecule has 5 nitrogen and oxygen atoms in total. The number of amides is 1. The van der Waals surface area contributed by atoms with E-state index in [4.69, 9.17) is 5.14 Å². The number of hydrogen-bond donors (Lipinski definition) is 1. The lowest BCUT2D eigenvalue weighted by atomic mass is 9.98. The maximum atomic E-state index is 12.7. The van der Waals surface area contributed by atoms with Crippen LogP contribution in [-0.4, -0.2) is 32.3 Å². The van der Waals surface area contributed by atoms with Crippen molar-refractivity contribution in [3.8, 4) is 0 Å². The maximum absolute atomic E-state index is 12.7. The van der Waals surface area contributed by atoms with Crippen LogP contribution in [0.3, 0.4) is 0 Å². The third kappa shape index (κ3) is 2.96. The van der Waals surface area contributed by atoms with Crippen LogP contribution in [-0.2, 0) is 10.0 Å². The molecule has 1 aromatic carbocycles. The second kappa shape index (κ2) is 5.42. The summed E-state index contributed by atoms with van der Waals surface area (Å²) in [6.45, 7) is 8.74. The molecule has 1 unspecified atom stereocenters. The van der Waals surface area contributed by atoms with Gasteiger partial charge in [0, 0.05) is 18.7 Å². The maximum Gasteiger partial charge on any atom is 0.254 e. The van der Waals surface area contributed by atoms with Crippen molar-refractivity contribution >= 4 is 15.9 Å². The van der Waals surface area contributed by atoms with Crippen LogP contribution >= 0.6 is 0 Å². The third-order valence-electron chi connectivity index (χ3n) is 4.11. The van der Waals surface area contributed by atoms with E-state index in [0.29, 0.717) is 22.6 Å². The van der Waals surface area contributed by atoms with E-state index in [1.807, 2.05) is 6.92 Å². The van der Waals surface area contributed by atoms with E-state index in [0.717, 1.165) is 25.1 Å². The molecular formula is C15H22N2O3S. The Morgan fingerprint density at radius 3 is 2.38 bits per heavy atom. The Morgan fingerprint density at radius 1 is 1.29 bits per heavy atom. The first-order valence-electron chi connectivity index (χ1n) is 7.05. The van der Waals surface area contributed by atoms with Crippen molar-refractivity contribution in [3.05, 3.63) is 28.3 Å². The molecule has 0 bridgehead atoms. The standard InChI is InChI=1S/C15H22N2O3S/c1-9-5-6-17(8-9)15(18)13-10(2)7-11(3)14(12(13)4)21(16,19)20/h7,9H,5-6,8H2,1-4H3,(H2,16,19,20). The number of hydrogen-bond acceptors (Lipinski definition) is 3. The van der Waals surface area contributed by atoms with Gasteiger partial charge in [0.2, 0.25) is 10.0 Å². The highest BCUT2D eigenvalue weighted by atomic mass is 32.2. The van der Waals surface area contributed by atoms with Crippen LogP contribution in [0.5, 0.6) is 0 Å². The number of nitrogens with zero attached hydrogens (tertiary/aromatic N) is 1. The number of aryl methyl sites for hydroxylation is 2. The van der Waals surface area contributed by atoms with E-state index in [9.17, 15) is 13.2 Å². The molecule has 1 saturated heterocycles. The average Bonchev–Trinajstić information content (AvgIpc) is 2.72. The predicted octanol–water partition coefficient (Wildman–Crippen LogP) is 1.74. The molecule has 1 aliphatic heterocycles. The van der Waals surface area contributed by atoms with Gasteiger partial charge in [0.05, 0.1) is 4.90 Å². The smallest absolute Gasteiger partial charge is 0.254 e. The number of carbonyl (C=O) groups is 1. The minimum Gasteiger partial charge on any atom is -0.338 e. The monoisotopic (exact) mass is 310 g/mol.